The Kier molecular flexibility index (Phi) is 6.04. The summed E-state index contributed by atoms with van der Waals surface area (Å²) in [6, 6.07) is 12.2. The number of nitrogens with one attached hydrogen (secondary N) is 2. The summed E-state index contributed by atoms with van der Waals surface area (Å²) in [5.41, 5.74) is 1.64. The second kappa shape index (κ2) is 8.88. The topological polar surface area (TPSA) is 74.6 Å². The van der Waals surface area contributed by atoms with Gasteiger partial charge in [0.25, 0.3) is 5.91 Å². The van der Waals surface area contributed by atoms with Crippen molar-refractivity contribution in [1.29, 1.82) is 0 Å². The van der Waals surface area contributed by atoms with Crippen LogP contribution in [-0.2, 0) is 4.79 Å². The van der Waals surface area contributed by atoms with Crippen LogP contribution in [0, 0.1) is 6.92 Å². The van der Waals surface area contributed by atoms with Crippen LogP contribution in [0.25, 0.3) is 21.7 Å². The zero-order valence-electron chi connectivity index (χ0n) is 17.7. The van der Waals surface area contributed by atoms with Gasteiger partial charge in [0.1, 0.15) is 5.58 Å². The Morgan fingerprint density at radius 1 is 1.10 bits per heavy atom. The van der Waals surface area contributed by atoms with E-state index in [1.807, 2.05) is 44.2 Å². The SMILES string of the molecule is CCCNC(=O)CN1CCC(NC(=O)c2oc3c(ccc4ccccc43)c2C)CC1. The molecule has 0 unspecified atom stereocenters. The number of hydrogen-bond donors (Lipinski definition) is 2. The van der Waals surface area contributed by atoms with Gasteiger partial charge in [-0.25, -0.2) is 0 Å². The van der Waals surface area contributed by atoms with Gasteiger partial charge in [0.15, 0.2) is 5.76 Å². The first-order valence-electron chi connectivity index (χ1n) is 10.8. The van der Waals surface area contributed by atoms with E-state index in [0.29, 0.717) is 12.3 Å². The van der Waals surface area contributed by atoms with Crippen molar-refractivity contribution >= 4 is 33.6 Å². The highest BCUT2D eigenvalue weighted by atomic mass is 16.3. The lowest BCUT2D eigenvalue weighted by molar-refractivity contribution is -0.122. The molecule has 2 aromatic carbocycles. The van der Waals surface area contributed by atoms with Crippen molar-refractivity contribution in [3.05, 3.63) is 47.7 Å². The van der Waals surface area contributed by atoms with E-state index >= 15 is 0 Å². The minimum absolute atomic E-state index is 0.0736. The summed E-state index contributed by atoms with van der Waals surface area (Å²) < 4.78 is 6.05. The lowest BCUT2D eigenvalue weighted by atomic mass is 10.0. The predicted octanol–water partition coefficient (Wildman–Crippen LogP) is 3.61. The molecule has 1 fully saturated rings. The molecule has 1 saturated heterocycles. The van der Waals surface area contributed by atoms with Crippen LogP contribution >= 0.6 is 0 Å². The average molecular weight is 408 g/mol. The van der Waals surface area contributed by atoms with Gasteiger partial charge in [-0.2, -0.15) is 0 Å². The van der Waals surface area contributed by atoms with Gasteiger partial charge in [-0.05, 0) is 31.6 Å². The quantitative estimate of drug-likeness (QED) is 0.655. The molecule has 158 valence electrons. The molecule has 4 rings (SSSR count). The van der Waals surface area contributed by atoms with Crippen molar-refractivity contribution in [2.24, 2.45) is 0 Å². The first-order chi connectivity index (χ1) is 14.6. The van der Waals surface area contributed by atoms with E-state index in [2.05, 4.69) is 21.6 Å². The van der Waals surface area contributed by atoms with Crippen molar-refractivity contribution in [1.82, 2.24) is 15.5 Å². The maximum Gasteiger partial charge on any atom is 0.287 e. The monoisotopic (exact) mass is 407 g/mol. The van der Waals surface area contributed by atoms with Gasteiger partial charge in [-0.1, -0.05) is 43.3 Å². The predicted molar refractivity (Wildman–Crippen MR) is 119 cm³/mol. The number of hydrogen-bond acceptors (Lipinski definition) is 4. The largest absolute Gasteiger partial charge is 0.450 e. The minimum Gasteiger partial charge on any atom is -0.450 e. The Hall–Kier alpha value is -2.86. The maximum absolute atomic E-state index is 12.9. The number of fused-ring (bicyclic) bond motifs is 3. The summed E-state index contributed by atoms with van der Waals surface area (Å²) in [5, 5.41) is 9.14. The third-order valence-corrected chi connectivity index (χ3v) is 5.90. The van der Waals surface area contributed by atoms with Crippen molar-refractivity contribution < 1.29 is 14.0 Å². The molecule has 6 heteroatoms. The molecular weight excluding hydrogens is 378 g/mol. The fourth-order valence-electron chi connectivity index (χ4n) is 4.18. The first-order valence-corrected chi connectivity index (χ1v) is 10.8. The lowest BCUT2D eigenvalue weighted by Gasteiger charge is -2.31. The molecule has 2 amide bonds. The number of amides is 2. The molecular formula is C24H29N3O3. The lowest BCUT2D eigenvalue weighted by Crippen LogP contribution is -2.47. The number of aryl methyl sites for hydroxylation is 1. The number of likely N-dealkylation sites (tertiary alicyclic amines) is 1. The van der Waals surface area contributed by atoms with E-state index < -0.39 is 0 Å². The highest BCUT2D eigenvalue weighted by Gasteiger charge is 2.25. The molecule has 0 bridgehead atoms. The number of piperidine rings is 1. The van der Waals surface area contributed by atoms with Crippen LogP contribution in [0.5, 0.6) is 0 Å². The van der Waals surface area contributed by atoms with E-state index in [9.17, 15) is 9.59 Å². The molecule has 0 aliphatic carbocycles. The average Bonchev–Trinajstić information content (AvgIpc) is 3.11. The molecule has 1 aromatic heterocycles. The van der Waals surface area contributed by atoms with E-state index in [0.717, 1.165) is 66.2 Å². The van der Waals surface area contributed by atoms with E-state index in [4.69, 9.17) is 4.42 Å². The smallest absolute Gasteiger partial charge is 0.287 e. The molecule has 0 spiro atoms. The first kappa shape index (κ1) is 20.4. The molecule has 3 aromatic rings. The molecule has 0 saturated carbocycles. The Morgan fingerprint density at radius 3 is 2.63 bits per heavy atom. The van der Waals surface area contributed by atoms with E-state index in [1.165, 1.54) is 0 Å². The summed E-state index contributed by atoms with van der Waals surface area (Å²) in [4.78, 5) is 27.0. The zero-order valence-corrected chi connectivity index (χ0v) is 17.7. The molecule has 2 heterocycles. The number of carbonyl (C=O) groups excluding carboxylic acids is 2. The Bertz CT molecular complexity index is 1060. The summed E-state index contributed by atoms with van der Waals surface area (Å²) in [7, 11) is 0. The standard InChI is InChI=1S/C24H29N3O3/c1-3-12-25-21(28)15-27-13-10-18(11-14-27)26-24(29)22-16(2)19-9-8-17-6-4-5-7-20(17)23(19)30-22/h4-9,18H,3,10-15H2,1-2H3,(H,25,28)(H,26,29). The van der Waals surface area contributed by atoms with Gasteiger partial charge in [0.05, 0.1) is 6.54 Å². The highest BCUT2D eigenvalue weighted by Crippen LogP contribution is 2.31. The number of carbonyl (C=O) groups is 2. The second-order valence-corrected chi connectivity index (χ2v) is 8.09. The number of rotatable bonds is 6. The van der Waals surface area contributed by atoms with Crippen LogP contribution in [0.3, 0.4) is 0 Å². The summed E-state index contributed by atoms with van der Waals surface area (Å²) in [6.07, 6.45) is 2.60. The van der Waals surface area contributed by atoms with Gasteiger partial charge in [-0.15, -0.1) is 0 Å². The fourth-order valence-corrected chi connectivity index (χ4v) is 4.18. The van der Waals surface area contributed by atoms with E-state index in [1.54, 1.807) is 0 Å². The normalized spacial score (nSPS) is 15.5. The Morgan fingerprint density at radius 2 is 1.87 bits per heavy atom. The third kappa shape index (κ3) is 4.19. The maximum atomic E-state index is 12.9. The molecule has 0 radical (unpaired) electrons. The van der Waals surface area contributed by atoms with Crippen LogP contribution < -0.4 is 10.6 Å². The molecule has 2 N–H and O–H groups in total. The summed E-state index contributed by atoms with van der Waals surface area (Å²) in [6.45, 7) is 6.73. The van der Waals surface area contributed by atoms with Crippen molar-refractivity contribution in [3.63, 3.8) is 0 Å². The van der Waals surface area contributed by atoms with Crippen molar-refractivity contribution in [2.45, 2.75) is 39.2 Å². The van der Waals surface area contributed by atoms with Gasteiger partial charge in [-0.3, -0.25) is 14.5 Å². The molecule has 30 heavy (non-hydrogen) atoms. The number of benzene rings is 2. The highest BCUT2D eigenvalue weighted by molar-refractivity contribution is 6.08. The van der Waals surface area contributed by atoms with Crippen LogP contribution in [-0.4, -0.2) is 48.9 Å². The van der Waals surface area contributed by atoms with Crippen LogP contribution in [0.4, 0.5) is 0 Å². The van der Waals surface area contributed by atoms with Crippen molar-refractivity contribution in [3.8, 4) is 0 Å². The molecule has 0 atom stereocenters. The van der Waals surface area contributed by atoms with Gasteiger partial charge in [0.2, 0.25) is 5.91 Å². The zero-order chi connectivity index (χ0) is 21.1. The van der Waals surface area contributed by atoms with Crippen molar-refractivity contribution in [2.75, 3.05) is 26.2 Å². The molecule has 1 aliphatic rings. The minimum atomic E-state index is -0.160. The van der Waals surface area contributed by atoms with Crippen LogP contribution in [0.1, 0.15) is 42.3 Å². The number of furan rings is 1. The number of nitrogens with zero attached hydrogens (tertiary/aromatic N) is 1. The fraction of sp³-hybridized carbons (Fsp3) is 0.417. The summed E-state index contributed by atoms with van der Waals surface area (Å²) >= 11 is 0. The van der Waals surface area contributed by atoms with Gasteiger partial charge >= 0.3 is 0 Å². The molecule has 1 aliphatic heterocycles. The Balaban J connectivity index is 1.40. The van der Waals surface area contributed by atoms with Gasteiger partial charge in [0, 0.05) is 42.0 Å². The van der Waals surface area contributed by atoms with Gasteiger partial charge < -0.3 is 15.1 Å². The second-order valence-electron chi connectivity index (χ2n) is 8.09. The third-order valence-electron chi connectivity index (χ3n) is 5.90. The van der Waals surface area contributed by atoms with Crippen LogP contribution in [0.15, 0.2) is 40.8 Å². The van der Waals surface area contributed by atoms with E-state index in [-0.39, 0.29) is 17.9 Å². The molecule has 6 nitrogen and oxygen atoms in total. The Labute approximate surface area is 176 Å². The van der Waals surface area contributed by atoms with Crippen LogP contribution in [0.2, 0.25) is 0 Å². The summed E-state index contributed by atoms with van der Waals surface area (Å²) in [5.74, 6) is 0.305.